The van der Waals surface area contributed by atoms with Crippen LogP contribution in [0.2, 0.25) is 0 Å². The first-order valence-electron chi connectivity index (χ1n) is 18.5. The molecule has 0 saturated carbocycles. The van der Waals surface area contributed by atoms with E-state index in [1.54, 1.807) is 0 Å². The second kappa shape index (κ2) is 12.0. The third-order valence-electron chi connectivity index (χ3n) is 11.4. The van der Waals surface area contributed by atoms with Gasteiger partial charge in [-0.3, -0.25) is 9.88 Å². The van der Waals surface area contributed by atoms with Crippen molar-refractivity contribution in [1.29, 1.82) is 0 Å². The Labute approximate surface area is 314 Å². The lowest BCUT2D eigenvalue weighted by molar-refractivity contribution is 0.768. The van der Waals surface area contributed by atoms with Crippen molar-refractivity contribution in [3.8, 4) is 44.5 Å². The van der Waals surface area contributed by atoms with Crippen LogP contribution in [0.3, 0.4) is 0 Å². The van der Waals surface area contributed by atoms with E-state index in [1.165, 1.54) is 66.4 Å². The van der Waals surface area contributed by atoms with Crippen LogP contribution in [0.15, 0.2) is 201 Å². The van der Waals surface area contributed by atoms with Crippen molar-refractivity contribution in [1.82, 2.24) is 9.97 Å². The second-order valence-corrected chi connectivity index (χ2v) is 14.1. The highest BCUT2D eigenvalue weighted by molar-refractivity contribution is 6.18. The van der Waals surface area contributed by atoms with Gasteiger partial charge in [0, 0.05) is 35.1 Å². The largest absolute Gasteiger partial charge is 0.294 e. The third-order valence-corrected chi connectivity index (χ3v) is 11.4. The summed E-state index contributed by atoms with van der Waals surface area (Å²) in [6, 6.07) is 66.4. The molecule has 1 aliphatic carbocycles. The number of anilines is 3. The van der Waals surface area contributed by atoms with Crippen molar-refractivity contribution >= 4 is 28.0 Å². The van der Waals surface area contributed by atoms with E-state index >= 15 is 0 Å². The van der Waals surface area contributed by atoms with Crippen LogP contribution in [-0.2, 0) is 5.41 Å². The average Bonchev–Trinajstić information content (AvgIpc) is 3.54. The molecule has 7 aromatic carbocycles. The van der Waals surface area contributed by atoms with Gasteiger partial charge in [-0.2, -0.15) is 0 Å². The first kappa shape index (κ1) is 30.5. The van der Waals surface area contributed by atoms with Gasteiger partial charge in [-0.25, -0.2) is 4.98 Å². The Morgan fingerprint density at radius 3 is 1.87 bits per heavy atom. The number of fused-ring (bicyclic) bond motifs is 5. The van der Waals surface area contributed by atoms with Gasteiger partial charge in [0.25, 0.3) is 0 Å². The number of hydrogen-bond donors (Lipinski definition) is 0. The molecule has 0 bridgehead atoms. The molecule has 3 heteroatoms. The molecule has 0 radical (unpaired) electrons. The van der Waals surface area contributed by atoms with Crippen LogP contribution in [0.1, 0.15) is 22.3 Å². The van der Waals surface area contributed by atoms with Crippen LogP contribution in [0.25, 0.3) is 55.3 Å². The Balaban J connectivity index is 1.26. The minimum Gasteiger partial charge on any atom is -0.294 e. The molecule has 0 N–H and O–H groups in total. The minimum atomic E-state index is -0.524. The topological polar surface area (TPSA) is 29.0 Å². The fourth-order valence-electron chi connectivity index (χ4n) is 9.18. The minimum absolute atomic E-state index is 0.524. The molecule has 1 aliphatic heterocycles. The van der Waals surface area contributed by atoms with Gasteiger partial charge in [0.1, 0.15) is 5.82 Å². The molecular weight excluding hydrogens is 655 g/mol. The van der Waals surface area contributed by atoms with Crippen LogP contribution in [0.4, 0.5) is 17.2 Å². The molecule has 3 heterocycles. The van der Waals surface area contributed by atoms with Crippen LogP contribution >= 0.6 is 0 Å². The summed E-state index contributed by atoms with van der Waals surface area (Å²) in [5.41, 5.74) is 16.3. The maximum Gasteiger partial charge on any atom is 0.138 e. The number of benzene rings is 7. The summed E-state index contributed by atoms with van der Waals surface area (Å²) in [6.07, 6.45) is 5.66. The molecule has 2 aliphatic rings. The summed E-state index contributed by atoms with van der Waals surface area (Å²) in [6.45, 7) is 0. The van der Waals surface area contributed by atoms with Crippen molar-refractivity contribution in [2.75, 3.05) is 4.90 Å². The van der Waals surface area contributed by atoms with E-state index in [4.69, 9.17) is 4.98 Å². The van der Waals surface area contributed by atoms with Crippen LogP contribution in [0, 0.1) is 0 Å². The molecule has 0 amide bonds. The van der Waals surface area contributed by atoms with Gasteiger partial charge >= 0.3 is 0 Å². The fourth-order valence-corrected chi connectivity index (χ4v) is 9.18. The summed E-state index contributed by atoms with van der Waals surface area (Å²) >= 11 is 0. The van der Waals surface area contributed by atoms with E-state index in [2.05, 4.69) is 186 Å². The number of pyridine rings is 2. The second-order valence-electron chi connectivity index (χ2n) is 14.1. The lowest BCUT2D eigenvalue weighted by Gasteiger charge is -2.37. The van der Waals surface area contributed by atoms with Gasteiger partial charge in [0.15, 0.2) is 0 Å². The Bertz CT molecular complexity index is 2830. The number of aromatic nitrogens is 2. The smallest absolute Gasteiger partial charge is 0.138 e. The van der Waals surface area contributed by atoms with Gasteiger partial charge in [-0.05, 0) is 97.4 Å². The molecular formula is C51H33N3. The zero-order valence-corrected chi connectivity index (χ0v) is 29.4. The zero-order valence-electron chi connectivity index (χ0n) is 29.4. The Kier molecular flexibility index (Phi) is 6.77. The average molecular weight is 688 g/mol. The summed E-state index contributed by atoms with van der Waals surface area (Å²) in [5.74, 6) is 0.862. The standard InChI is InChI=1S/C51H33N3/c1-4-14-34(15-5-1)39-25-26-47-50-41(39)22-12-23-42(50)44-31-43-40-21-10-11-24-45(40)51(37-17-6-2-7-18-37,38-19-8-3-9-20-38)46(43)32-48(44)54(47)49-30-35(27-29-53-49)36-16-13-28-52-33-36/h1-33H. The van der Waals surface area contributed by atoms with E-state index in [9.17, 15) is 0 Å². The molecule has 3 nitrogen and oxygen atoms in total. The first-order valence-corrected chi connectivity index (χ1v) is 18.5. The molecule has 11 rings (SSSR count). The summed E-state index contributed by atoms with van der Waals surface area (Å²) in [7, 11) is 0. The van der Waals surface area contributed by atoms with Gasteiger partial charge in [-0.15, -0.1) is 0 Å². The zero-order chi connectivity index (χ0) is 35.6. The Morgan fingerprint density at radius 1 is 0.407 bits per heavy atom. The quantitative estimate of drug-likeness (QED) is 0.180. The highest BCUT2D eigenvalue weighted by Gasteiger charge is 2.47. The number of rotatable bonds is 5. The fraction of sp³-hybridized carbons (Fsp3) is 0.0196. The highest BCUT2D eigenvalue weighted by Crippen LogP contribution is 2.61. The molecule has 0 unspecified atom stereocenters. The van der Waals surface area contributed by atoms with E-state index in [1.807, 2.05) is 24.7 Å². The van der Waals surface area contributed by atoms with E-state index in [0.717, 1.165) is 28.3 Å². The maximum absolute atomic E-state index is 5.12. The summed E-state index contributed by atoms with van der Waals surface area (Å²) in [5, 5.41) is 2.45. The molecule has 252 valence electrons. The number of nitrogens with zero attached hydrogens (tertiary/aromatic N) is 3. The van der Waals surface area contributed by atoms with Crippen LogP contribution in [0.5, 0.6) is 0 Å². The van der Waals surface area contributed by atoms with E-state index in [-0.39, 0.29) is 0 Å². The van der Waals surface area contributed by atoms with Gasteiger partial charge in [0.2, 0.25) is 0 Å². The third kappa shape index (κ3) is 4.36. The summed E-state index contributed by atoms with van der Waals surface area (Å²) in [4.78, 5) is 11.9. The lowest BCUT2D eigenvalue weighted by Crippen LogP contribution is -2.29. The van der Waals surface area contributed by atoms with Crippen LogP contribution < -0.4 is 4.90 Å². The van der Waals surface area contributed by atoms with Crippen molar-refractivity contribution in [2.24, 2.45) is 0 Å². The van der Waals surface area contributed by atoms with Crippen molar-refractivity contribution in [2.45, 2.75) is 5.41 Å². The Morgan fingerprint density at radius 2 is 1.11 bits per heavy atom. The number of hydrogen-bond acceptors (Lipinski definition) is 3. The monoisotopic (exact) mass is 687 g/mol. The normalized spacial score (nSPS) is 13.3. The van der Waals surface area contributed by atoms with Crippen molar-refractivity contribution < 1.29 is 0 Å². The van der Waals surface area contributed by atoms with Gasteiger partial charge in [-0.1, -0.05) is 146 Å². The molecule has 9 aromatic rings. The summed E-state index contributed by atoms with van der Waals surface area (Å²) < 4.78 is 0. The van der Waals surface area contributed by atoms with Crippen molar-refractivity contribution in [3.05, 3.63) is 223 Å². The lowest BCUT2D eigenvalue weighted by atomic mass is 9.67. The molecule has 54 heavy (non-hydrogen) atoms. The first-order chi connectivity index (χ1) is 26.8. The van der Waals surface area contributed by atoms with Crippen molar-refractivity contribution in [3.63, 3.8) is 0 Å². The van der Waals surface area contributed by atoms with Gasteiger partial charge in [0.05, 0.1) is 16.8 Å². The van der Waals surface area contributed by atoms with E-state index in [0.29, 0.717) is 0 Å². The molecule has 0 spiro atoms. The highest BCUT2D eigenvalue weighted by atomic mass is 15.2. The molecule has 2 aromatic heterocycles. The molecule has 0 fully saturated rings. The Hall–Kier alpha value is -7.10. The maximum atomic E-state index is 5.12. The van der Waals surface area contributed by atoms with Gasteiger partial charge < -0.3 is 0 Å². The van der Waals surface area contributed by atoms with Crippen LogP contribution in [-0.4, -0.2) is 9.97 Å². The molecule has 0 atom stereocenters. The molecule has 0 saturated heterocycles. The predicted octanol–water partition coefficient (Wildman–Crippen LogP) is 12.8. The predicted molar refractivity (Wildman–Crippen MR) is 221 cm³/mol. The SMILES string of the molecule is c1ccc(-c2ccc3c4c(cccc24)-c2cc4c(cc2N3c2cc(-c3cccnc3)ccn2)C(c2ccccc2)(c2ccccc2)c2ccccc2-4)cc1. The van der Waals surface area contributed by atoms with E-state index < -0.39 is 5.41 Å².